The van der Waals surface area contributed by atoms with Crippen molar-refractivity contribution in [1.82, 2.24) is 4.90 Å². The molecule has 1 aromatic rings. The van der Waals surface area contributed by atoms with E-state index >= 15 is 0 Å². The standard InChI is InChI=1S/C16H25NO2S/c1-4-16-15(14-7-5-13(2)6-8-14)9-10-17(16)11-12-20(3,18)19/h5-8,15-16H,4,9-12H2,1-3H3/t15-,16-/m1/s1. The Kier molecular flexibility index (Phi) is 4.86. The lowest BCUT2D eigenvalue weighted by atomic mass is 9.90. The average Bonchev–Trinajstić information content (AvgIpc) is 2.79. The van der Waals surface area contributed by atoms with Crippen molar-refractivity contribution in [2.45, 2.75) is 38.6 Å². The van der Waals surface area contributed by atoms with Crippen LogP contribution in [-0.4, -0.2) is 44.5 Å². The Morgan fingerprint density at radius 3 is 2.45 bits per heavy atom. The first-order chi connectivity index (χ1) is 9.40. The quantitative estimate of drug-likeness (QED) is 0.838. The molecule has 1 aromatic carbocycles. The minimum atomic E-state index is -2.87. The van der Waals surface area contributed by atoms with Gasteiger partial charge in [-0.05, 0) is 31.9 Å². The van der Waals surface area contributed by atoms with Gasteiger partial charge < -0.3 is 0 Å². The predicted molar refractivity (Wildman–Crippen MR) is 83.9 cm³/mol. The maximum Gasteiger partial charge on any atom is 0.148 e. The van der Waals surface area contributed by atoms with Crippen LogP contribution in [0.4, 0.5) is 0 Å². The number of aryl methyl sites for hydroxylation is 1. The summed E-state index contributed by atoms with van der Waals surface area (Å²) in [6.45, 7) is 5.98. The Balaban J connectivity index is 2.07. The fourth-order valence-electron chi connectivity index (χ4n) is 3.22. The van der Waals surface area contributed by atoms with E-state index in [-0.39, 0.29) is 5.75 Å². The summed E-state index contributed by atoms with van der Waals surface area (Å²) in [5, 5.41) is 0. The molecule has 0 aliphatic carbocycles. The molecule has 0 radical (unpaired) electrons. The zero-order valence-electron chi connectivity index (χ0n) is 12.7. The second-order valence-corrected chi connectivity index (χ2v) is 8.21. The van der Waals surface area contributed by atoms with Gasteiger partial charge in [0.1, 0.15) is 9.84 Å². The number of likely N-dealkylation sites (tertiary alicyclic amines) is 1. The summed E-state index contributed by atoms with van der Waals surface area (Å²) >= 11 is 0. The van der Waals surface area contributed by atoms with Gasteiger partial charge in [-0.1, -0.05) is 36.8 Å². The molecule has 20 heavy (non-hydrogen) atoms. The van der Waals surface area contributed by atoms with Crippen molar-refractivity contribution in [3.8, 4) is 0 Å². The van der Waals surface area contributed by atoms with E-state index in [0.717, 1.165) is 19.4 Å². The molecule has 1 heterocycles. The Bertz CT molecular complexity index is 536. The highest BCUT2D eigenvalue weighted by molar-refractivity contribution is 7.90. The molecule has 4 heteroatoms. The van der Waals surface area contributed by atoms with Gasteiger partial charge in [0, 0.05) is 24.8 Å². The van der Waals surface area contributed by atoms with Crippen molar-refractivity contribution >= 4 is 9.84 Å². The third-order valence-corrected chi connectivity index (χ3v) is 5.26. The molecule has 112 valence electrons. The van der Waals surface area contributed by atoms with Crippen molar-refractivity contribution < 1.29 is 8.42 Å². The first kappa shape index (κ1) is 15.5. The minimum absolute atomic E-state index is 0.268. The molecule has 0 aromatic heterocycles. The third-order valence-electron chi connectivity index (χ3n) is 4.33. The third kappa shape index (κ3) is 3.83. The molecular formula is C16H25NO2S. The van der Waals surface area contributed by atoms with E-state index in [0.29, 0.717) is 18.5 Å². The lowest BCUT2D eigenvalue weighted by Crippen LogP contribution is -2.35. The maximum absolute atomic E-state index is 11.3. The van der Waals surface area contributed by atoms with E-state index in [1.54, 1.807) is 0 Å². The van der Waals surface area contributed by atoms with E-state index in [4.69, 9.17) is 0 Å². The molecule has 2 rings (SSSR count). The van der Waals surface area contributed by atoms with E-state index in [1.165, 1.54) is 17.4 Å². The second-order valence-electron chi connectivity index (χ2n) is 5.95. The minimum Gasteiger partial charge on any atom is -0.299 e. The van der Waals surface area contributed by atoms with Gasteiger partial charge in [-0.2, -0.15) is 0 Å². The molecule has 2 atom stereocenters. The van der Waals surface area contributed by atoms with Crippen LogP contribution >= 0.6 is 0 Å². The molecule has 3 nitrogen and oxygen atoms in total. The van der Waals surface area contributed by atoms with Crippen molar-refractivity contribution in [3.63, 3.8) is 0 Å². The molecule has 0 unspecified atom stereocenters. The second kappa shape index (κ2) is 6.27. The van der Waals surface area contributed by atoms with Gasteiger partial charge in [0.15, 0.2) is 0 Å². The van der Waals surface area contributed by atoms with Crippen LogP contribution in [0.25, 0.3) is 0 Å². The average molecular weight is 295 g/mol. The summed E-state index contributed by atoms with van der Waals surface area (Å²) < 4.78 is 22.7. The summed E-state index contributed by atoms with van der Waals surface area (Å²) in [7, 11) is -2.87. The topological polar surface area (TPSA) is 37.4 Å². The molecule has 1 fully saturated rings. The molecule has 0 saturated carbocycles. The van der Waals surface area contributed by atoms with Crippen LogP contribution in [0, 0.1) is 6.92 Å². The van der Waals surface area contributed by atoms with Gasteiger partial charge in [0.25, 0.3) is 0 Å². The summed E-state index contributed by atoms with van der Waals surface area (Å²) in [6, 6.07) is 9.26. The lowest BCUT2D eigenvalue weighted by Gasteiger charge is -2.27. The zero-order chi connectivity index (χ0) is 14.8. The van der Waals surface area contributed by atoms with Gasteiger partial charge in [0.2, 0.25) is 0 Å². The van der Waals surface area contributed by atoms with Crippen LogP contribution in [0.5, 0.6) is 0 Å². The SMILES string of the molecule is CC[C@@H]1[C@@H](c2ccc(C)cc2)CCN1CCS(C)(=O)=O. The molecule has 0 amide bonds. The summed E-state index contributed by atoms with van der Waals surface area (Å²) in [6.07, 6.45) is 3.52. The van der Waals surface area contributed by atoms with Crippen LogP contribution in [0.15, 0.2) is 24.3 Å². The van der Waals surface area contributed by atoms with E-state index < -0.39 is 9.84 Å². The summed E-state index contributed by atoms with van der Waals surface area (Å²) in [5.41, 5.74) is 2.68. The highest BCUT2D eigenvalue weighted by Crippen LogP contribution is 2.35. The Morgan fingerprint density at radius 1 is 1.25 bits per heavy atom. The zero-order valence-corrected chi connectivity index (χ0v) is 13.5. The normalized spacial score (nSPS) is 24.1. The van der Waals surface area contributed by atoms with Gasteiger partial charge >= 0.3 is 0 Å². The van der Waals surface area contributed by atoms with Crippen LogP contribution in [-0.2, 0) is 9.84 Å². The van der Waals surface area contributed by atoms with E-state index in [9.17, 15) is 8.42 Å². The lowest BCUT2D eigenvalue weighted by molar-refractivity contribution is 0.251. The van der Waals surface area contributed by atoms with Crippen molar-refractivity contribution in [1.29, 1.82) is 0 Å². The number of benzene rings is 1. The van der Waals surface area contributed by atoms with Crippen LogP contribution in [0.2, 0.25) is 0 Å². The van der Waals surface area contributed by atoms with Gasteiger partial charge in [-0.3, -0.25) is 4.90 Å². The number of hydrogen-bond acceptors (Lipinski definition) is 3. The molecule has 0 N–H and O–H groups in total. The molecule has 1 saturated heterocycles. The molecule has 1 aliphatic heterocycles. The monoisotopic (exact) mass is 295 g/mol. The number of hydrogen-bond donors (Lipinski definition) is 0. The highest BCUT2D eigenvalue weighted by atomic mass is 32.2. The molecule has 0 bridgehead atoms. The Labute approximate surface area is 122 Å². The number of sulfone groups is 1. The van der Waals surface area contributed by atoms with Gasteiger partial charge in [-0.15, -0.1) is 0 Å². The maximum atomic E-state index is 11.3. The van der Waals surface area contributed by atoms with Crippen molar-refractivity contribution in [2.24, 2.45) is 0 Å². The predicted octanol–water partition coefficient (Wildman–Crippen LogP) is 2.61. The summed E-state index contributed by atoms with van der Waals surface area (Å²) in [5.74, 6) is 0.810. The van der Waals surface area contributed by atoms with Crippen LogP contribution < -0.4 is 0 Å². The Morgan fingerprint density at radius 2 is 1.90 bits per heavy atom. The van der Waals surface area contributed by atoms with E-state index in [1.807, 2.05) is 0 Å². The van der Waals surface area contributed by atoms with Gasteiger partial charge in [-0.25, -0.2) is 8.42 Å². The van der Waals surface area contributed by atoms with Gasteiger partial charge in [0.05, 0.1) is 5.75 Å². The van der Waals surface area contributed by atoms with E-state index in [2.05, 4.69) is 43.0 Å². The van der Waals surface area contributed by atoms with Crippen molar-refractivity contribution in [3.05, 3.63) is 35.4 Å². The first-order valence-electron chi connectivity index (χ1n) is 7.39. The first-order valence-corrected chi connectivity index (χ1v) is 9.45. The summed E-state index contributed by atoms with van der Waals surface area (Å²) in [4.78, 5) is 2.35. The smallest absolute Gasteiger partial charge is 0.148 e. The Hall–Kier alpha value is -0.870. The fraction of sp³-hybridized carbons (Fsp3) is 0.625. The van der Waals surface area contributed by atoms with Crippen LogP contribution in [0.3, 0.4) is 0 Å². The van der Waals surface area contributed by atoms with Crippen LogP contribution in [0.1, 0.15) is 36.8 Å². The van der Waals surface area contributed by atoms with Crippen molar-refractivity contribution in [2.75, 3.05) is 25.1 Å². The number of nitrogens with zero attached hydrogens (tertiary/aromatic N) is 1. The highest BCUT2D eigenvalue weighted by Gasteiger charge is 2.33. The number of rotatable bonds is 5. The molecule has 1 aliphatic rings. The largest absolute Gasteiger partial charge is 0.299 e. The molecular weight excluding hydrogens is 270 g/mol. The fourth-order valence-corrected chi connectivity index (χ4v) is 3.79. The molecule has 0 spiro atoms.